The molecule has 4 nitrogen and oxygen atoms in total. The van der Waals surface area contributed by atoms with Crippen LogP contribution in [0.1, 0.15) is 22.5 Å². The molecule has 1 aliphatic heterocycles. The van der Waals surface area contributed by atoms with Gasteiger partial charge in [0.1, 0.15) is 5.82 Å². The van der Waals surface area contributed by atoms with Gasteiger partial charge < -0.3 is 4.98 Å². The van der Waals surface area contributed by atoms with Gasteiger partial charge in [-0.05, 0) is 17.7 Å². The lowest BCUT2D eigenvalue weighted by atomic mass is 10.1. The molecule has 0 atom stereocenters. The van der Waals surface area contributed by atoms with E-state index in [0.29, 0.717) is 5.56 Å². The molecular formula is C20H18N4. The van der Waals surface area contributed by atoms with E-state index in [0.717, 1.165) is 37.4 Å². The highest BCUT2D eigenvalue weighted by atomic mass is 15.2. The number of fused-ring (bicyclic) bond motifs is 1. The van der Waals surface area contributed by atoms with E-state index in [1.807, 2.05) is 42.5 Å². The van der Waals surface area contributed by atoms with Crippen molar-refractivity contribution in [2.75, 3.05) is 6.54 Å². The summed E-state index contributed by atoms with van der Waals surface area (Å²) in [7, 11) is 0. The average molecular weight is 314 g/mol. The Hall–Kier alpha value is -2.90. The van der Waals surface area contributed by atoms with Crippen molar-refractivity contribution in [1.82, 2.24) is 14.9 Å². The number of nitriles is 1. The van der Waals surface area contributed by atoms with Crippen molar-refractivity contribution in [2.45, 2.75) is 19.5 Å². The van der Waals surface area contributed by atoms with Crippen LogP contribution in [0.2, 0.25) is 0 Å². The molecule has 24 heavy (non-hydrogen) atoms. The molecule has 2 heterocycles. The number of H-pyrrole nitrogens is 1. The molecule has 4 rings (SSSR count). The number of benzene rings is 2. The van der Waals surface area contributed by atoms with E-state index in [9.17, 15) is 0 Å². The lowest BCUT2D eigenvalue weighted by molar-refractivity contribution is 0.241. The number of nitrogens with zero attached hydrogens (tertiary/aromatic N) is 3. The second kappa shape index (κ2) is 6.31. The Labute approximate surface area is 141 Å². The highest BCUT2D eigenvalue weighted by Gasteiger charge is 2.20. The lowest BCUT2D eigenvalue weighted by Gasteiger charge is -2.25. The van der Waals surface area contributed by atoms with Gasteiger partial charge in [0.05, 0.1) is 23.0 Å². The zero-order chi connectivity index (χ0) is 16.4. The number of aromatic nitrogens is 2. The maximum atomic E-state index is 8.88. The number of aromatic amines is 1. The van der Waals surface area contributed by atoms with E-state index in [-0.39, 0.29) is 0 Å². The lowest BCUT2D eigenvalue weighted by Crippen LogP contribution is -2.30. The number of hydrogen-bond donors (Lipinski definition) is 1. The summed E-state index contributed by atoms with van der Waals surface area (Å²) in [5.41, 5.74) is 5.48. The first kappa shape index (κ1) is 14.7. The van der Waals surface area contributed by atoms with Crippen molar-refractivity contribution in [3.8, 4) is 17.5 Å². The molecule has 0 amide bonds. The molecule has 4 heteroatoms. The standard InChI is InChI=1S/C20H18N4/c21-12-15-6-8-16(9-7-15)13-24-11-10-18-19(14-24)23-20(22-18)17-4-2-1-3-5-17/h1-9H,10-11,13-14H2,(H,22,23). The fourth-order valence-corrected chi connectivity index (χ4v) is 3.16. The normalized spacial score (nSPS) is 14.1. The Morgan fingerprint density at radius 3 is 2.62 bits per heavy atom. The molecule has 0 saturated heterocycles. The molecule has 0 spiro atoms. The van der Waals surface area contributed by atoms with Crippen LogP contribution in [0.4, 0.5) is 0 Å². The van der Waals surface area contributed by atoms with Gasteiger partial charge in [-0.15, -0.1) is 0 Å². The molecule has 2 aromatic carbocycles. The van der Waals surface area contributed by atoms with Gasteiger partial charge in [0, 0.05) is 31.6 Å². The van der Waals surface area contributed by atoms with Gasteiger partial charge in [0.25, 0.3) is 0 Å². The van der Waals surface area contributed by atoms with Crippen molar-refractivity contribution in [3.63, 3.8) is 0 Å². The molecule has 0 bridgehead atoms. The zero-order valence-electron chi connectivity index (χ0n) is 13.4. The second-order valence-electron chi connectivity index (χ2n) is 6.15. The van der Waals surface area contributed by atoms with Crippen LogP contribution in [0.3, 0.4) is 0 Å². The zero-order valence-corrected chi connectivity index (χ0v) is 13.4. The van der Waals surface area contributed by atoms with Gasteiger partial charge >= 0.3 is 0 Å². The number of hydrogen-bond acceptors (Lipinski definition) is 3. The molecular weight excluding hydrogens is 296 g/mol. The molecule has 3 aromatic rings. The summed E-state index contributed by atoms with van der Waals surface area (Å²) in [5, 5.41) is 8.88. The largest absolute Gasteiger partial charge is 0.341 e. The monoisotopic (exact) mass is 314 g/mol. The van der Waals surface area contributed by atoms with Crippen molar-refractivity contribution < 1.29 is 0 Å². The van der Waals surface area contributed by atoms with Gasteiger partial charge in [0.2, 0.25) is 0 Å². The summed E-state index contributed by atoms with van der Waals surface area (Å²) in [6.07, 6.45) is 0.967. The highest BCUT2D eigenvalue weighted by molar-refractivity contribution is 5.55. The predicted molar refractivity (Wildman–Crippen MR) is 93.0 cm³/mol. The topological polar surface area (TPSA) is 55.7 Å². The Morgan fingerprint density at radius 1 is 1.08 bits per heavy atom. The summed E-state index contributed by atoms with van der Waals surface area (Å²) in [6.45, 7) is 2.78. The predicted octanol–water partition coefficient (Wildman–Crippen LogP) is 3.51. The van der Waals surface area contributed by atoms with Crippen LogP contribution < -0.4 is 0 Å². The first-order chi connectivity index (χ1) is 11.8. The van der Waals surface area contributed by atoms with E-state index < -0.39 is 0 Å². The summed E-state index contributed by atoms with van der Waals surface area (Å²) in [5.74, 6) is 0.959. The number of rotatable bonds is 3. The van der Waals surface area contributed by atoms with Gasteiger partial charge in [-0.1, -0.05) is 42.5 Å². The van der Waals surface area contributed by atoms with Gasteiger partial charge in [-0.25, -0.2) is 4.98 Å². The smallest absolute Gasteiger partial charge is 0.137 e. The molecule has 1 aliphatic rings. The van der Waals surface area contributed by atoms with Crippen LogP contribution in [-0.2, 0) is 19.5 Å². The molecule has 0 fully saturated rings. The van der Waals surface area contributed by atoms with Crippen molar-refractivity contribution in [1.29, 1.82) is 5.26 Å². The third-order valence-electron chi connectivity index (χ3n) is 4.45. The average Bonchev–Trinajstić information content (AvgIpc) is 3.06. The van der Waals surface area contributed by atoms with Crippen molar-refractivity contribution >= 4 is 0 Å². The molecule has 0 saturated carbocycles. The minimum absolute atomic E-state index is 0.709. The SMILES string of the molecule is N#Cc1ccc(CN2CCc3nc(-c4ccccc4)[nH]c3C2)cc1. The Morgan fingerprint density at radius 2 is 1.88 bits per heavy atom. The number of nitrogens with one attached hydrogen (secondary N) is 1. The quantitative estimate of drug-likeness (QED) is 0.805. The first-order valence-corrected chi connectivity index (χ1v) is 8.16. The Kier molecular flexibility index (Phi) is 3.86. The molecule has 0 aliphatic carbocycles. The minimum Gasteiger partial charge on any atom is -0.341 e. The molecule has 0 unspecified atom stereocenters. The van der Waals surface area contributed by atoms with Crippen molar-refractivity contribution in [2.24, 2.45) is 0 Å². The number of imidazole rings is 1. The maximum absolute atomic E-state index is 8.88. The summed E-state index contributed by atoms with van der Waals surface area (Å²) in [4.78, 5) is 10.7. The second-order valence-corrected chi connectivity index (χ2v) is 6.15. The summed E-state index contributed by atoms with van der Waals surface area (Å²) >= 11 is 0. The fraction of sp³-hybridized carbons (Fsp3) is 0.200. The highest BCUT2D eigenvalue weighted by Crippen LogP contribution is 2.23. The van der Waals surface area contributed by atoms with Gasteiger partial charge in [0.15, 0.2) is 0 Å². The van der Waals surface area contributed by atoms with Crippen LogP contribution in [0.25, 0.3) is 11.4 Å². The van der Waals surface area contributed by atoms with E-state index in [1.54, 1.807) is 0 Å². The van der Waals surface area contributed by atoms with Crippen LogP contribution in [0.15, 0.2) is 54.6 Å². The van der Waals surface area contributed by atoms with E-state index >= 15 is 0 Å². The summed E-state index contributed by atoms with van der Waals surface area (Å²) in [6, 6.07) is 20.3. The maximum Gasteiger partial charge on any atom is 0.137 e. The van der Waals surface area contributed by atoms with Crippen molar-refractivity contribution in [3.05, 3.63) is 77.1 Å². The molecule has 118 valence electrons. The van der Waals surface area contributed by atoms with Crippen LogP contribution in [0.5, 0.6) is 0 Å². The third kappa shape index (κ3) is 2.94. The molecule has 0 radical (unpaired) electrons. The summed E-state index contributed by atoms with van der Waals surface area (Å²) < 4.78 is 0. The van der Waals surface area contributed by atoms with Crippen LogP contribution in [0, 0.1) is 11.3 Å². The first-order valence-electron chi connectivity index (χ1n) is 8.16. The van der Waals surface area contributed by atoms with Gasteiger partial charge in [-0.3, -0.25) is 4.90 Å². The van der Waals surface area contributed by atoms with E-state index in [4.69, 9.17) is 10.2 Å². The van der Waals surface area contributed by atoms with E-state index in [2.05, 4.69) is 28.1 Å². The minimum atomic E-state index is 0.709. The Bertz CT molecular complexity index is 872. The van der Waals surface area contributed by atoms with E-state index in [1.165, 1.54) is 17.0 Å². The van der Waals surface area contributed by atoms with Crippen LogP contribution in [-0.4, -0.2) is 21.4 Å². The fourth-order valence-electron chi connectivity index (χ4n) is 3.16. The molecule has 1 N–H and O–H groups in total. The Balaban J connectivity index is 1.49. The molecule has 1 aromatic heterocycles. The third-order valence-corrected chi connectivity index (χ3v) is 4.45. The van der Waals surface area contributed by atoms with Gasteiger partial charge in [-0.2, -0.15) is 5.26 Å². The van der Waals surface area contributed by atoms with Crippen LogP contribution >= 0.6 is 0 Å².